The Bertz CT molecular complexity index is 459. The summed E-state index contributed by atoms with van der Waals surface area (Å²) in [6.45, 7) is -2.97. The molecule has 1 aromatic carbocycles. The molecule has 6 nitrogen and oxygen atoms in total. The first-order valence-electron chi connectivity index (χ1n) is 5.08. The summed E-state index contributed by atoms with van der Waals surface area (Å²) in [6, 6.07) is 3.60. The summed E-state index contributed by atoms with van der Waals surface area (Å²) in [5, 5.41) is 1.72. The van der Waals surface area contributed by atoms with Crippen LogP contribution in [0.5, 0.6) is 5.75 Å². The second-order valence-corrected chi connectivity index (χ2v) is 4.09. The highest BCUT2D eigenvalue weighted by Gasteiger charge is 2.20. The highest BCUT2D eigenvalue weighted by molar-refractivity contribution is 9.08. The summed E-state index contributed by atoms with van der Waals surface area (Å²) in [7, 11) is 1.31. The molecule has 1 aromatic rings. The van der Waals surface area contributed by atoms with Crippen LogP contribution in [0, 0.1) is 0 Å². The molecule has 0 saturated heterocycles. The first kappa shape index (κ1) is 15.6. The minimum absolute atomic E-state index is 0.0627. The predicted octanol–water partition coefficient (Wildman–Crippen LogP) is 1.79. The van der Waals surface area contributed by atoms with E-state index in [1.165, 1.54) is 25.2 Å². The molecule has 0 bridgehead atoms. The maximum atomic E-state index is 12.3. The average molecular weight is 339 g/mol. The van der Waals surface area contributed by atoms with Crippen LogP contribution in [0.2, 0.25) is 0 Å². The van der Waals surface area contributed by atoms with Crippen molar-refractivity contribution in [3.05, 3.63) is 23.8 Å². The number of hydrazine groups is 2. The fourth-order valence-electron chi connectivity index (χ4n) is 1.39. The molecule has 0 heterocycles. The number of urea groups is 1. The summed E-state index contributed by atoms with van der Waals surface area (Å²) in [5.41, 5.74) is 0.540. The van der Waals surface area contributed by atoms with Crippen molar-refractivity contribution in [2.24, 2.45) is 11.7 Å². The highest BCUT2D eigenvalue weighted by Crippen LogP contribution is 2.31. The van der Waals surface area contributed by atoms with Crippen molar-refractivity contribution in [3.63, 3.8) is 0 Å². The zero-order chi connectivity index (χ0) is 14.6. The smallest absolute Gasteiger partial charge is 0.387 e. The summed E-state index contributed by atoms with van der Waals surface area (Å²) in [4.78, 5) is 11.6. The van der Waals surface area contributed by atoms with Crippen molar-refractivity contribution in [2.75, 3.05) is 12.1 Å². The molecule has 0 aliphatic rings. The number of carbonyl (C=O) groups excluding carboxylic acids is 1. The van der Waals surface area contributed by atoms with Crippen LogP contribution >= 0.6 is 15.9 Å². The number of ether oxygens (including phenoxy) is 1. The number of rotatable bonds is 4. The minimum Gasteiger partial charge on any atom is -0.434 e. The van der Waals surface area contributed by atoms with E-state index in [0.29, 0.717) is 5.56 Å². The number of nitrogens with zero attached hydrogens (tertiary/aromatic N) is 2. The monoisotopic (exact) mass is 338 g/mol. The third kappa shape index (κ3) is 3.75. The zero-order valence-electron chi connectivity index (χ0n) is 10.0. The van der Waals surface area contributed by atoms with Gasteiger partial charge in [-0.25, -0.2) is 21.5 Å². The van der Waals surface area contributed by atoms with E-state index in [0.717, 1.165) is 10.0 Å². The molecule has 0 atom stereocenters. The third-order valence-electron chi connectivity index (χ3n) is 2.23. The van der Waals surface area contributed by atoms with E-state index in [1.807, 2.05) is 0 Å². The second-order valence-electron chi connectivity index (χ2n) is 3.53. The molecule has 19 heavy (non-hydrogen) atoms. The third-order valence-corrected chi connectivity index (χ3v) is 2.79. The van der Waals surface area contributed by atoms with Gasteiger partial charge in [0.2, 0.25) is 0 Å². The van der Waals surface area contributed by atoms with Crippen molar-refractivity contribution in [1.29, 1.82) is 0 Å². The summed E-state index contributed by atoms with van der Waals surface area (Å²) < 4.78 is 28.9. The van der Waals surface area contributed by atoms with Gasteiger partial charge < -0.3 is 4.74 Å². The van der Waals surface area contributed by atoms with Crippen LogP contribution in [0.15, 0.2) is 18.2 Å². The Morgan fingerprint density at radius 3 is 2.58 bits per heavy atom. The number of hydrogen-bond donors (Lipinski definition) is 2. The Morgan fingerprint density at radius 2 is 2.11 bits per heavy atom. The first-order valence-corrected chi connectivity index (χ1v) is 6.20. The van der Waals surface area contributed by atoms with E-state index in [1.54, 1.807) is 0 Å². The van der Waals surface area contributed by atoms with Crippen LogP contribution in [0.25, 0.3) is 0 Å². The number of nitrogens with two attached hydrogens (primary N) is 2. The Kier molecular flexibility index (Phi) is 5.45. The van der Waals surface area contributed by atoms with E-state index in [2.05, 4.69) is 20.7 Å². The average Bonchev–Trinajstić information content (AvgIpc) is 2.35. The van der Waals surface area contributed by atoms with Gasteiger partial charge in [0, 0.05) is 17.9 Å². The molecular formula is C10H13BrF2N4O2. The van der Waals surface area contributed by atoms with Crippen molar-refractivity contribution < 1.29 is 18.3 Å². The molecule has 0 saturated carbocycles. The van der Waals surface area contributed by atoms with Crippen LogP contribution in [0.4, 0.5) is 19.3 Å². The Hall–Kier alpha value is -1.45. The molecule has 9 heteroatoms. The molecule has 0 aliphatic heterocycles. The Morgan fingerprint density at radius 1 is 1.47 bits per heavy atom. The number of benzene rings is 1. The zero-order valence-corrected chi connectivity index (χ0v) is 11.6. The predicted molar refractivity (Wildman–Crippen MR) is 69.7 cm³/mol. The SMILES string of the molecule is CN(N)C(=O)N(N)c1cccc(OC(F)F)c1CBr. The standard InChI is InChI=1S/C10H13BrF2N4O2/c1-16(14)10(18)17(15)7-3-2-4-8(6(7)5-11)19-9(12)13/h2-4,9H,5,14-15H2,1H3. The van der Waals surface area contributed by atoms with Crippen LogP contribution in [0.3, 0.4) is 0 Å². The number of amides is 2. The van der Waals surface area contributed by atoms with E-state index in [4.69, 9.17) is 11.7 Å². The van der Waals surface area contributed by atoms with Crippen molar-refractivity contribution in [1.82, 2.24) is 5.01 Å². The fourth-order valence-corrected chi connectivity index (χ4v) is 1.96. The van der Waals surface area contributed by atoms with Crippen molar-refractivity contribution >= 4 is 27.6 Å². The molecule has 0 aromatic heterocycles. The number of anilines is 1. The lowest BCUT2D eigenvalue weighted by molar-refractivity contribution is -0.0502. The molecular weight excluding hydrogens is 326 g/mol. The summed E-state index contributed by atoms with van der Waals surface area (Å²) in [6.07, 6.45) is 0. The van der Waals surface area contributed by atoms with Gasteiger partial charge in [-0.2, -0.15) is 8.78 Å². The van der Waals surface area contributed by atoms with Gasteiger partial charge in [-0.15, -0.1) is 0 Å². The van der Waals surface area contributed by atoms with Gasteiger partial charge in [0.05, 0.1) is 5.69 Å². The molecule has 0 unspecified atom stereocenters. The number of halogens is 3. The molecule has 0 aliphatic carbocycles. The maximum Gasteiger partial charge on any atom is 0.387 e. The van der Waals surface area contributed by atoms with E-state index in [9.17, 15) is 13.6 Å². The number of hydrogen-bond acceptors (Lipinski definition) is 4. The van der Waals surface area contributed by atoms with Gasteiger partial charge in [0.25, 0.3) is 0 Å². The topological polar surface area (TPSA) is 84.8 Å². The molecule has 0 spiro atoms. The van der Waals surface area contributed by atoms with E-state index in [-0.39, 0.29) is 16.8 Å². The Balaban J connectivity index is 3.17. The van der Waals surface area contributed by atoms with Crippen LogP contribution in [0.1, 0.15) is 5.56 Å². The van der Waals surface area contributed by atoms with Gasteiger partial charge in [0.1, 0.15) is 5.75 Å². The van der Waals surface area contributed by atoms with Gasteiger partial charge in [-0.3, -0.25) is 5.01 Å². The van der Waals surface area contributed by atoms with Crippen LogP contribution in [-0.2, 0) is 5.33 Å². The minimum atomic E-state index is -2.97. The summed E-state index contributed by atoms with van der Waals surface area (Å²) >= 11 is 3.14. The lowest BCUT2D eigenvalue weighted by Gasteiger charge is -2.23. The second kappa shape index (κ2) is 6.64. The fraction of sp³-hybridized carbons (Fsp3) is 0.300. The largest absolute Gasteiger partial charge is 0.434 e. The molecule has 2 amide bonds. The quantitative estimate of drug-likeness (QED) is 0.379. The van der Waals surface area contributed by atoms with Crippen LogP contribution in [-0.4, -0.2) is 24.7 Å². The van der Waals surface area contributed by atoms with Crippen molar-refractivity contribution in [2.45, 2.75) is 11.9 Å². The molecule has 106 valence electrons. The number of alkyl halides is 3. The summed E-state index contributed by atoms with van der Waals surface area (Å²) in [5.74, 6) is 10.8. The molecule has 4 N–H and O–H groups in total. The molecule has 0 radical (unpaired) electrons. The lowest BCUT2D eigenvalue weighted by Crippen LogP contribution is -2.48. The van der Waals surface area contributed by atoms with Gasteiger partial charge in [-0.1, -0.05) is 22.0 Å². The molecule has 1 rings (SSSR count). The van der Waals surface area contributed by atoms with Gasteiger partial charge >= 0.3 is 12.6 Å². The maximum absolute atomic E-state index is 12.3. The Labute approximate surface area is 117 Å². The van der Waals surface area contributed by atoms with Gasteiger partial charge in [0.15, 0.2) is 0 Å². The van der Waals surface area contributed by atoms with Crippen LogP contribution < -0.4 is 21.4 Å². The van der Waals surface area contributed by atoms with Gasteiger partial charge in [-0.05, 0) is 12.1 Å². The molecule has 0 fully saturated rings. The number of carbonyl (C=O) groups is 1. The van der Waals surface area contributed by atoms with E-state index < -0.39 is 12.6 Å². The van der Waals surface area contributed by atoms with E-state index >= 15 is 0 Å². The highest BCUT2D eigenvalue weighted by atomic mass is 79.9. The first-order chi connectivity index (χ1) is 8.88. The normalized spacial score (nSPS) is 10.5. The lowest BCUT2D eigenvalue weighted by atomic mass is 10.1. The van der Waals surface area contributed by atoms with Crippen molar-refractivity contribution in [3.8, 4) is 5.75 Å².